The highest BCUT2D eigenvalue weighted by atomic mass is 15.2. The molecule has 1 saturated carbocycles. The van der Waals surface area contributed by atoms with E-state index >= 15 is 0 Å². The van der Waals surface area contributed by atoms with Crippen LogP contribution >= 0.6 is 0 Å². The summed E-state index contributed by atoms with van der Waals surface area (Å²) in [5, 5.41) is 3.73. The zero-order valence-corrected chi connectivity index (χ0v) is 12.2. The molecule has 2 aromatic rings. The highest BCUT2D eigenvalue weighted by Gasteiger charge is 2.41. The van der Waals surface area contributed by atoms with E-state index in [-0.39, 0.29) is 0 Å². The number of nitrogens with zero attached hydrogens (tertiary/aromatic N) is 3. The third-order valence-electron chi connectivity index (χ3n) is 5.06. The third-order valence-corrected chi connectivity index (χ3v) is 5.06. The zero-order chi connectivity index (χ0) is 13.7. The van der Waals surface area contributed by atoms with Crippen molar-refractivity contribution in [1.82, 2.24) is 19.9 Å². The van der Waals surface area contributed by atoms with Gasteiger partial charge in [0.2, 0.25) is 0 Å². The molecule has 3 unspecified atom stereocenters. The molecule has 1 aliphatic heterocycles. The maximum absolute atomic E-state index is 4.91. The Morgan fingerprint density at radius 2 is 2.25 bits per heavy atom. The summed E-state index contributed by atoms with van der Waals surface area (Å²) in [7, 11) is 0. The van der Waals surface area contributed by atoms with Crippen molar-refractivity contribution in [3.8, 4) is 0 Å². The SMILES string of the molecule is CC(C)n1c(C2NCC3CCCC32)nc2cnccc21. The molecule has 1 aliphatic carbocycles. The molecule has 106 valence electrons. The van der Waals surface area contributed by atoms with Gasteiger partial charge in [-0.1, -0.05) is 6.42 Å². The van der Waals surface area contributed by atoms with Gasteiger partial charge in [-0.25, -0.2) is 4.98 Å². The number of hydrogen-bond acceptors (Lipinski definition) is 3. The predicted molar refractivity (Wildman–Crippen MR) is 79.5 cm³/mol. The summed E-state index contributed by atoms with van der Waals surface area (Å²) in [5.41, 5.74) is 2.24. The lowest BCUT2D eigenvalue weighted by Crippen LogP contribution is -2.23. The second-order valence-electron chi connectivity index (χ2n) is 6.54. The van der Waals surface area contributed by atoms with Crippen LogP contribution in [0.5, 0.6) is 0 Å². The molecule has 4 nitrogen and oxygen atoms in total. The Labute approximate surface area is 119 Å². The van der Waals surface area contributed by atoms with Crippen LogP contribution in [0, 0.1) is 11.8 Å². The first kappa shape index (κ1) is 12.3. The van der Waals surface area contributed by atoms with E-state index < -0.39 is 0 Å². The molecule has 2 aromatic heterocycles. The lowest BCUT2D eigenvalue weighted by molar-refractivity contribution is 0.391. The molecular formula is C16H22N4. The van der Waals surface area contributed by atoms with Gasteiger partial charge in [0.15, 0.2) is 0 Å². The maximum atomic E-state index is 4.91. The summed E-state index contributed by atoms with van der Waals surface area (Å²) in [6.07, 6.45) is 7.88. The monoisotopic (exact) mass is 270 g/mol. The number of pyridine rings is 1. The van der Waals surface area contributed by atoms with E-state index in [1.807, 2.05) is 12.4 Å². The van der Waals surface area contributed by atoms with Crippen LogP contribution in [0.2, 0.25) is 0 Å². The van der Waals surface area contributed by atoms with E-state index in [4.69, 9.17) is 4.98 Å². The highest BCUT2D eigenvalue weighted by molar-refractivity contribution is 5.75. The number of nitrogens with one attached hydrogen (secondary N) is 1. The smallest absolute Gasteiger partial charge is 0.127 e. The first-order chi connectivity index (χ1) is 9.75. The number of fused-ring (bicyclic) bond motifs is 2. The van der Waals surface area contributed by atoms with Crippen LogP contribution in [-0.4, -0.2) is 21.1 Å². The minimum atomic E-state index is 0.428. The molecule has 1 saturated heterocycles. The van der Waals surface area contributed by atoms with Crippen molar-refractivity contribution in [2.75, 3.05) is 6.54 Å². The quantitative estimate of drug-likeness (QED) is 0.912. The van der Waals surface area contributed by atoms with Crippen LogP contribution in [0.1, 0.15) is 51.0 Å². The molecule has 1 N–H and O–H groups in total. The minimum Gasteiger partial charge on any atom is -0.324 e. The van der Waals surface area contributed by atoms with Crippen molar-refractivity contribution >= 4 is 11.0 Å². The van der Waals surface area contributed by atoms with Gasteiger partial charge in [0.05, 0.1) is 17.8 Å². The van der Waals surface area contributed by atoms with Gasteiger partial charge in [-0.3, -0.25) is 4.98 Å². The zero-order valence-electron chi connectivity index (χ0n) is 12.2. The van der Waals surface area contributed by atoms with Crippen molar-refractivity contribution in [3.05, 3.63) is 24.3 Å². The summed E-state index contributed by atoms with van der Waals surface area (Å²) in [4.78, 5) is 9.14. The Morgan fingerprint density at radius 1 is 1.35 bits per heavy atom. The topological polar surface area (TPSA) is 42.7 Å². The van der Waals surface area contributed by atoms with Crippen LogP contribution in [-0.2, 0) is 0 Å². The number of rotatable bonds is 2. The van der Waals surface area contributed by atoms with Crippen molar-refractivity contribution < 1.29 is 0 Å². The maximum Gasteiger partial charge on any atom is 0.127 e. The number of imidazole rings is 1. The molecule has 0 aromatic carbocycles. The summed E-state index contributed by atoms with van der Waals surface area (Å²) >= 11 is 0. The van der Waals surface area contributed by atoms with E-state index in [9.17, 15) is 0 Å². The van der Waals surface area contributed by atoms with Gasteiger partial charge in [-0.15, -0.1) is 0 Å². The summed E-state index contributed by atoms with van der Waals surface area (Å²) < 4.78 is 2.40. The van der Waals surface area contributed by atoms with Gasteiger partial charge in [-0.05, 0) is 51.1 Å². The molecule has 2 fully saturated rings. The van der Waals surface area contributed by atoms with Crippen molar-refractivity contribution in [1.29, 1.82) is 0 Å². The molecule has 2 aliphatic rings. The molecule has 3 atom stereocenters. The second-order valence-corrected chi connectivity index (χ2v) is 6.54. The Kier molecular flexibility index (Phi) is 2.81. The number of aromatic nitrogens is 3. The lowest BCUT2D eigenvalue weighted by Gasteiger charge is -2.21. The van der Waals surface area contributed by atoms with E-state index in [1.54, 1.807) is 0 Å². The van der Waals surface area contributed by atoms with Crippen LogP contribution in [0.15, 0.2) is 18.5 Å². The average Bonchev–Trinajstić information content (AvgIpc) is 3.10. The Balaban J connectivity index is 1.84. The normalized spacial score (nSPS) is 29.4. The molecule has 0 amide bonds. The van der Waals surface area contributed by atoms with Crippen LogP contribution in [0.4, 0.5) is 0 Å². The van der Waals surface area contributed by atoms with E-state index in [2.05, 4.69) is 34.8 Å². The molecule has 4 heteroatoms. The lowest BCUT2D eigenvalue weighted by atomic mass is 9.93. The summed E-state index contributed by atoms with van der Waals surface area (Å²) in [6.45, 7) is 5.65. The molecule has 0 radical (unpaired) electrons. The van der Waals surface area contributed by atoms with Gasteiger partial charge in [-0.2, -0.15) is 0 Å². The fraction of sp³-hybridized carbons (Fsp3) is 0.625. The minimum absolute atomic E-state index is 0.428. The first-order valence-electron chi connectivity index (χ1n) is 7.81. The van der Waals surface area contributed by atoms with E-state index in [0.717, 1.165) is 23.9 Å². The molecule has 4 rings (SSSR count). The first-order valence-corrected chi connectivity index (χ1v) is 7.81. The Bertz CT molecular complexity index is 630. The Hall–Kier alpha value is -1.42. The largest absolute Gasteiger partial charge is 0.324 e. The van der Waals surface area contributed by atoms with Crippen molar-refractivity contribution in [2.45, 2.75) is 45.2 Å². The third kappa shape index (κ3) is 1.71. The van der Waals surface area contributed by atoms with Crippen LogP contribution in [0.3, 0.4) is 0 Å². The van der Waals surface area contributed by atoms with E-state index in [1.165, 1.54) is 30.6 Å². The summed E-state index contributed by atoms with van der Waals surface area (Å²) in [6, 6.07) is 2.95. The van der Waals surface area contributed by atoms with Crippen molar-refractivity contribution in [3.63, 3.8) is 0 Å². The fourth-order valence-electron chi connectivity index (χ4n) is 4.20. The Morgan fingerprint density at radius 3 is 3.10 bits per heavy atom. The molecule has 0 spiro atoms. The predicted octanol–water partition coefficient (Wildman–Crippen LogP) is 3.07. The summed E-state index contributed by atoms with van der Waals surface area (Å²) in [5.74, 6) is 2.85. The number of hydrogen-bond donors (Lipinski definition) is 1. The molecular weight excluding hydrogens is 248 g/mol. The van der Waals surface area contributed by atoms with Crippen LogP contribution in [0.25, 0.3) is 11.0 Å². The standard InChI is InChI=1S/C16H22N4/c1-10(2)20-14-6-7-17-9-13(14)19-16(20)15-12-5-3-4-11(12)8-18-15/h6-7,9-12,15,18H,3-5,8H2,1-2H3. The molecule has 20 heavy (non-hydrogen) atoms. The van der Waals surface area contributed by atoms with E-state index in [0.29, 0.717) is 12.1 Å². The van der Waals surface area contributed by atoms with Gasteiger partial charge in [0.25, 0.3) is 0 Å². The van der Waals surface area contributed by atoms with Gasteiger partial charge < -0.3 is 9.88 Å². The van der Waals surface area contributed by atoms with Gasteiger partial charge >= 0.3 is 0 Å². The molecule has 0 bridgehead atoms. The van der Waals surface area contributed by atoms with Crippen molar-refractivity contribution in [2.24, 2.45) is 11.8 Å². The van der Waals surface area contributed by atoms with Gasteiger partial charge in [0.1, 0.15) is 11.3 Å². The molecule has 3 heterocycles. The second kappa shape index (κ2) is 4.55. The van der Waals surface area contributed by atoms with Crippen LogP contribution < -0.4 is 5.32 Å². The van der Waals surface area contributed by atoms with Gasteiger partial charge in [0, 0.05) is 12.2 Å². The highest BCUT2D eigenvalue weighted by Crippen LogP contribution is 2.44. The average molecular weight is 270 g/mol. The fourth-order valence-corrected chi connectivity index (χ4v) is 4.20.